The van der Waals surface area contributed by atoms with Crippen molar-refractivity contribution in [1.29, 1.82) is 0 Å². The van der Waals surface area contributed by atoms with Crippen molar-refractivity contribution in [2.75, 3.05) is 26.3 Å². The summed E-state index contributed by atoms with van der Waals surface area (Å²) < 4.78 is 5.54. The quantitative estimate of drug-likeness (QED) is 0.790. The van der Waals surface area contributed by atoms with Gasteiger partial charge in [-0.1, -0.05) is 54.1 Å². The monoisotopic (exact) mass is 420 g/mol. The maximum absolute atomic E-state index is 13.4. The first kappa shape index (κ1) is 21.1. The number of halogens is 2. The van der Waals surface area contributed by atoms with Crippen LogP contribution in [0.25, 0.3) is 0 Å². The molecule has 0 aliphatic carbocycles. The molecule has 0 saturated carbocycles. The topological polar surface area (TPSA) is 50.4 Å². The summed E-state index contributed by atoms with van der Waals surface area (Å²) >= 11 is 6.47. The van der Waals surface area contributed by atoms with Crippen molar-refractivity contribution in [2.45, 2.75) is 30.7 Å². The third-order valence-electron chi connectivity index (χ3n) is 5.85. The highest BCUT2D eigenvalue weighted by Crippen LogP contribution is 2.39. The number of carbonyl (C=O) groups excluding carboxylic acids is 1. The molecule has 1 amide bonds. The van der Waals surface area contributed by atoms with E-state index in [0.29, 0.717) is 37.6 Å². The summed E-state index contributed by atoms with van der Waals surface area (Å²) in [6.45, 7) is 2.65. The lowest BCUT2D eigenvalue weighted by Crippen LogP contribution is -2.50. The molecule has 1 fully saturated rings. The van der Waals surface area contributed by atoms with Crippen molar-refractivity contribution in [3.05, 3.63) is 70.2 Å². The molecule has 2 aromatic rings. The Hall–Kier alpha value is -1.59. The maximum Gasteiger partial charge on any atom is 0.230 e. The molecule has 28 heavy (non-hydrogen) atoms. The molecule has 2 aliphatic heterocycles. The molecular formula is C22H26Cl2N2O2. The van der Waals surface area contributed by atoms with Crippen LogP contribution in [0.3, 0.4) is 0 Å². The van der Waals surface area contributed by atoms with E-state index in [0.717, 1.165) is 18.5 Å². The Labute approximate surface area is 177 Å². The summed E-state index contributed by atoms with van der Waals surface area (Å²) in [6.07, 6.45) is 2.33. The second-order valence-electron chi connectivity index (χ2n) is 7.34. The number of hydrogen-bond donors (Lipinski definition) is 2. The van der Waals surface area contributed by atoms with Crippen LogP contribution in [0.2, 0.25) is 5.02 Å². The fourth-order valence-electron chi connectivity index (χ4n) is 4.33. The van der Waals surface area contributed by atoms with Crippen LogP contribution in [-0.2, 0) is 21.4 Å². The van der Waals surface area contributed by atoms with Crippen molar-refractivity contribution in [3.63, 3.8) is 0 Å². The van der Waals surface area contributed by atoms with Crippen molar-refractivity contribution < 1.29 is 9.53 Å². The lowest BCUT2D eigenvalue weighted by Gasteiger charge is -2.37. The molecule has 2 aromatic carbocycles. The Morgan fingerprint density at radius 3 is 2.64 bits per heavy atom. The zero-order valence-electron chi connectivity index (χ0n) is 15.7. The van der Waals surface area contributed by atoms with Crippen LogP contribution in [0, 0.1) is 0 Å². The van der Waals surface area contributed by atoms with Crippen LogP contribution in [0.5, 0.6) is 0 Å². The van der Waals surface area contributed by atoms with Crippen LogP contribution in [0.4, 0.5) is 0 Å². The molecule has 4 rings (SSSR count). The Bertz CT molecular complexity index is 822. The molecule has 2 aliphatic rings. The van der Waals surface area contributed by atoms with E-state index in [4.69, 9.17) is 16.3 Å². The van der Waals surface area contributed by atoms with Gasteiger partial charge in [-0.05, 0) is 48.6 Å². The molecule has 6 heteroatoms. The predicted octanol–water partition coefficient (Wildman–Crippen LogP) is 3.81. The van der Waals surface area contributed by atoms with Gasteiger partial charge < -0.3 is 15.4 Å². The second-order valence-corrected chi connectivity index (χ2v) is 7.75. The first-order valence-electron chi connectivity index (χ1n) is 9.63. The molecule has 2 N–H and O–H groups in total. The Morgan fingerprint density at radius 1 is 1.14 bits per heavy atom. The van der Waals surface area contributed by atoms with Crippen molar-refractivity contribution >= 4 is 29.9 Å². The van der Waals surface area contributed by atoms with Crippen LogP contribution in [0.15, 0.2) is 48.5 Å². The summed E-state index contributed by atoms with van der Waals surface area (Å²) in [5, 5.41) is 7.39. The minimum absolute atomic E-state index is 0. The smallest absolute Gasteiger partial charge is 0.230 e. The van der Waals surface area contributed by atoms with Crippen LogP contribution in [-0.4, -0.2) is 32.2 Å². The van der Waals surface area contributed by atoms with Crippen molar-refractivity contribution in [1.82, 2.24) is 10.6 Å². The van der Waals surface area contributed by atoms with Gasteiger partial charge in [-0.3, -0.25) is 4.79 Å². The van der Waals surface area contributed by atoms with Crippen molar-refractivity contribution in [2.24, 2.45) is 0 Å². The normalized spacial score (nSPS) is 20.5. The van der Waals surface area contributed by atoms with Gasteiger partial charge in [0.15, 0.2) is 0 Å². The average Bonchev–Trinajstić information content (AvgIpc) is 2.72. The molecule has 0 aromatic heterocycles. The Morgan fingerprint density at radius 2 is 1.86 bits per heavy atom. The largest absolute Gasteiger partial charge is 0.381 e. The number of carbonyl (C=O) groups is 1. The number of hydrogen-bond acceptors (Lipinski definition) is 3. The fraction of sp³-hybridized carbons (Fsp3) is 0.409. The zero-order valence-corrected chi connectivity index (χ0v) is 17.3. The van der Waals surface area contributed by atoms with E-state index in [-0.39, 0.29) is 24.4 Å². The minimum Gasteiger partial charge on any atom is -0.381 e. The van der Waals surface area contributed by atoms with E-state index in [1.807, 2.05) is 24.3 Å². The van der Waals surface area contributed by atoms with Gasteiger partial charge in [-0.25, -0.2) is 0 Å². The van der Waals surface area contributed by atoms with Gasteiger partial charge in [-0.2, -0.15) is 0 Å². The average molecular weight is 421 g/mol. The van der Waals surface area contributed by atoms with Crippen LogP contribution >= 0.6 is 24.0 Å². The predicted molar refractivity (Wildman–Crippen MR) is 114 cm³/mol. The third-order valence-corrected chi connectivity index (χ3v) is 6.18. The van der Waals surface area contributed by atoms with E-state index >= 15 is 0 Å². The molecule has 2 heterocycles. The second kappa shape index (κ2) is 9.27. The number of rotatable bonds is 4. The van der Waals surface area contributed by atoms with E-state index in [2.05, 4.69) is 34.9 Å². The molecule has 150 valence electrons. The van der Waals surface area contributed by atoms with Gasteiger partial charge in [0.25, 0.3) is 0 Å². The van der Waals surface area contributed by atoms with Crippen LogP contribution in [0.1, 0.15) is 35.6 Å². The summed E-state index contributed by atoms with van der Waals surface area (Å²) in [5.74, 6) is 0.0451. The molecule has 4 nitrogen and oxygen atoms in total. The standard InChI is InChI=1S/C22H25ClN2O2.ClH/c23-19-8-4-3-7-18(19)22(10-13-27-14-11-22)21(26)25-15-20-17-6-2-1-5-16(17)9-12-24-20;/h1-8,20,24H,9-15H2,(H,25,26);1H. The Balaban J connectivity index is 0.00000225. The third kappa shape index (κ3) is 4.06. The maximum atomic E-state index is 13.4. The first-order valence-corrected chi connectivity index (χ1v) is 10.0. The molecule has 0 radical (unpaired) electrons. The minimum atomic E-state index is -0.620. The lowest BCUT2D eigenvalue weighted by atomic mass is 9.73. The molecular weight excluding hydrogens is 395 g/mol. The molecule has 1 unspecified atom stereocenters. The van der Waals surface area contributed by atoms with Crippen LogP contribution < -0.4 is 10.6 Å². The number of amides is 1. The van der Waals surface area contributed by atoms with E-state index < -0.39 is 5.41 Å². The number of ether oxygens (including phenoxy) is 1. The van der Waals surface area contributed by atoms with Gasteiger partial charge in [-0.15, -0.1) is 12.4 Å². The lowest BCUT2D eigenvalue weighted by molar-refractivity contribution is -0.130. The van der Waals surface area contributed by atoms with E-state index in [1.54, 1.807) is 0 Å². The highest BCUT2D eigenvalue weighted by Gasteiger charge is 2.43. The van der Waals surface area contributed by atoms with Gasteiger partial charge in [0.2, 0.25) is 5.91 Å². The van der Waals surface area contributed by atoms with E-state index in [1.165, 1.54) is 11.1 Å². The summed E-state index contributed by atoms with van der Waals surface area (Å²) in [6, 6.07) is 16.3. The van der Waals surface area contributed by atoms with Gasteiger partial charge >= 0.3 is 0 Å². The van der Waals surface area contributed by atoms with E-state index in [9.17, 15) is 4.79 Å². The summed E-state index contributed by atoms with van der Waals surface area (Å²) in [7, 11) is 0. The zero-order chi connectivity index (χ0) is 18.7. The number of benzene rings is 2. The fourth-order valence-corrected chi connectivity index (χ4v) is 4.64. The SMILES string of the molecule is Cl.O=C(NCC1NCCc2ccccc21)C1(c2ccccc2Cl)CCOCC1. The summed E-state index contributed by atoms with van der Waals surface area (Å²) in [4.78, 5) is 13.4. The van der Waals surface area contributed by atoms with Gasteiger partial charge in [0, 0.05) is 30.8 Å². The molecule has 0 bridgehead atoms. The molecule has 1 saturated heterocycles. The van der Waals surface area contributed by atoms with Gasteiger partial charge in [0.1, 0.15) is 0 Å². The number of fused-ring (bicyclic) bond motifs is 1. The molecule has 0 spiro atoms. The van der Waals surface area contributed by atoms with Gasteiger partial charge in [0.05, 0.1) is 5.41 Å². The number of nitrogens with one attached hydrogen (secondary N) is 2. The molecule has 1 atom stereocenters. The first-order chi connectivity index (χ1) is 13.2. The highest BCUT2D eigenvalue weighted by molar-refractivity contribution is 6.31. The highest BCUT2D eigenvalue weighted by atomic mass is 35.5. The Kier molecular flexibility index (Phi) is 7.00. The summed E-state index contributed by atoms with van der Waals surface area (Å²) in [5.41, 5.74) is 2.93. The van der Waals surface area contributed by atoms with Crippen molar-refractivity contribution in [3.8, 4) is 0 Å².